The lowest BCUT2D eigenvalue weighted by atomic mass is 10.3. The molecule has 0 saturated carbocycles. The van der Waals surface area contributed by atoms with Gasteiger partial charge in [-0.3, -0.25) is 4.98 Å². The zero-order valence-corrected chi connectivity index (χ0v) is 11.0. The van der Waals surface area contributed by atoms with Crippen LogP contribution >= 0.6 is 0 Å². The summed E-state index contributed by atoms with van der Waals surface area (Å²) in [6, 6.07) is 5.46. The molecule has 5 nitrogen and oxygen atoms in total. The number of hydrogen-bond acceptors (Lipinski definition) is 4. The highest BCUT2D eigenvalue weighted by molar-refractivity contribution is 7.88. The molecule has 96 valence electrons. The molecule has 0 radical (unpaired) electrons. The summed E-state index contributed by atoms with van der Waals surface area (Å²) in [6.07, 6.45) is 3.55. The fraction of sp³-hybridized carbons (Fsp3) is 0.545. The van der Waals surface area contributed by atoms with Gasteiger partial charge in [-0.2, -0.15) is 4.31 Å². The third-order valence-electron chi connectivity index (χ3n) is 2.29. The second-order valence-corrected chi connectivity index (χ2v) is 5.75. The Hall–Kier alpha value is -0.980. The number of nitrogens with zero attached hydrogens (tertiary/aromatic N) is 2. The largest absolute Gasteiger partial charge is 0.385 e. The van der Waals surface area contributed by atoms with Crippen molar-refractivity contribution in [3.8, 4) is 0 Å². The number of ether oxygens (including phenoxy) is 1. The molecule has 1 rings (SSSR count). The van der Waals surface area contributed by atoms with Crippen molar-refractivity contribution in [1.29, 1.82) is 0 Å². The van der Waals surface area contributed by atoms with Crippen molar-refractivity contribution in [2.75, 3.05) is 26.5 Å². The Labute approximate surface area is 102 Å². The van der Waals surface area contributed by atoms with Gasteiger partial charge in [0.05, 0.1) is 18.5 Å². The van der Waals surface area contributed by atoms with E-state index in [0.29, 0.717) is 26.1 Å². The summed E-state index contributed by atoms with van der Waals surface area (Å²) in [5, 5.41) is 0. The Balaban J connectivity index is 2.65. The van der Waals surface area contributed by atoms with Gasteiger partial charge in [0, 0.05) is 26.5 Å². The Morgan fingerprint density at radius 1 is 1.41 bits per heavy atom. The summed E-state index contributed by atoms with van der Waals surface area (Å²) in [4.78, 5) is 4.12. The van der Waals surface area contributed by atoms with E-state index in [1.807, 2.05) is 12.1 Å². The minimum absolute atomic E-state index is 0.309. The van der Waals surface area contributed by atoms with Crippen molar-refractivity contribution in [2.24, 2.45) is 0 Å². The normalized spacial score (nSPS) is 11.9. The summed E-state index contributed by atoms with van der Waals surface area (Å²) >= 11 is 0. The van der Waals surface area contributed by atoms with Gasteiger partial charge in [-0.15, -0.1) is 0 Å². The van der Waals surface area contributed by atoms with Gasteiger partial charge in [0.25, 0.3) is 0 Å². The van der Waals surface area contributed by atoms with Gasteiger partial charge in [0.1, 0.15) is 0 Å². The molecule has 0 atom stereocenters. The fourth-order valence-corrected chi connectivity index (χ4v) is 2.25. The average Bonchev–Trinajstić information content (AvgIpc) is 2.28. The molecule has 17 heavy (non-hydrogen) atoms. The highest BCUT2D eigenvalue weighted by Gasteiger charge is 2.16. The van der Waals surface area contributed by atoms with Crippen LogP contribution in [0.4, 0.5) is 0 Å². The van der Waals surface area contributed by atoms with Crippen LogP contribution in [-0.4, -0.2) is 44.2 Å². The average molecular weight is 258 g/mol. The molecule has 1 heterocycles. The summed E-state index contributed by atoms with van der Waals surface area (Å²) in [7, 11) is -1.61. The van der Waals surface area contributed by atoms with Gasteiger partial charge in [0.15, 0.2) is 0 Å². The van der Waals surface area contributed by atoms with Crippen LogP contribution in [0.3, 0.4) is 0 Å². The molecule has 0 spiro atoms. The van der Waals surface area contributed by atoms with E-state index in [0.717, 1.165) is 5.69 Å². The maximum atomic E-state index is 11.6. The summed E-state index contributed by atoms with van der Waals surface area (Å²) < 4.78 is 29.5. The molecule has 0 aromatic carbocycles. The Morgan fingerprint density at radius 3 is 2.71 bits per heavy atom. The number of sulfonamides is 1. The topological polar surface area (TPSA) is 59.5 Å². The predicted molar refractivity (Wildman–Crippen MR) is 66.0 cm³/mol. The van der Waals surface area contributed by atoms with E-state index in [1.54, 1.807) is 19.4 Å². The number of methoxy groups -OCH3 is 1. The van der Waals surface area contributed by atoms with Crippen molar-refractivity contribution >= 4 is 10.0 Å². The van der Waals surface area contributed by atoms with E-state index >= 15 is 0 Å². The van der Waals surface area contributed by atoms with Crippen molar-refractivity contribution in [2.45, 2.75) is 13.0 Å². The smallest absolute Gasteiger partial charge is 0.211 e. The zero-order chi connectivity index (χ0) is 12.7. The van der Waals surface area contributed by atoms with Crippen LogP contribution < -0.4 is 0 Å². The first-order valence-corrected chi connectivity index (χ1v) is 7.23. The van der Waals surface area contributed by atoms with Gasteiger partial charge >= 0.3 is 0 Å². The van der Waals surface area contributed by atoms with E-state index in [-0.39, 0.29) is 0 Å². The first-order valence-electron chi connectivity index (χ1n) is 5.38. The molecule has 0 amide bonds. The fourth-order valence-electron chi connectivity index (χ4n) is 1.42. The Kier molecular flexibility index (Phi) is 5.54. The third-order valence-corrected chi connectivity index (χ3v) is 3.54. The maximum Gasteiger partial charge on any atom is 0.211 e. The summed E-state index contributed by atoms with van der Waals surface area (Å²) in [6.45, 7) is 1.31. The van der Waals surface area contributed by atoms with Crippen molar-refractivity contribution in [3.05, 3.63) is 30.1 Å². The molecule has 0 fully saturated rings. The van der Waals surface area contributed by atoms with Gasteiger partial charge < -0.3 is 4.74 Å². The maximum absolute atomic E-state index is 11.6. The third kappa shape index (κ3) is 5.25. The highest BCUT2D eigenvalue weighted by atomic mass is 32.2. The molecule has 0 saturated heterocycles. The van der Waals surface area contributed by atoms with E-state index in [9.17, 15) is 8.42 Å². The van der Waals surface area contributed by atoms with Gasteiger partial charge in [0.2, 0.25) is 10.0 Å². The molecule has 6 heteroatoms. The minimum atomic E-state index is -3.21. The monoisotopic (exact) mass is 258 g/mol. The molecule has 0 unspecified atom stereocenters. The molecule has 1 aromatic heterocycles. The van der Waals surface area contributed by atoms with Crippen LogP contribution in [0.2, 0.25) is 0 Å². The van der Waals surface area contributed by atoms with E-state index in [4.69, 9.17) is 4.74 Å². The summed E-state index contributed by atoms with van der Waals surface area (Å²) in [5.41, 5.74) is 0.746. The Bertz CT molecular complexity index is 420. The molecular weight excluding hydrogens is 240 g/mol. The van der Waals surface area contributed by atoms with Crippen LogP contribution in [-0.2, 0) is 21.3 Å². The van der Waals surface area contributed by atoms with Crippen LogP contribution in [0.25, 0.3) is 0 Å². The van der Waals surface area contributed by atoms with Crippen LogP contribution in [0.15, 0.2) is 24.4 Å². The molecule has 0 bridgehead atoms. The van der Waals surface area contributed by atoms with Crippen molar-refractivity contribution in [1.82, 2.24) is 9.29 Å². The number of aromatic nitrogens is 1. The van der Waals surface area contributed by atoms with Crippen molar-refractivity contribution in [3.63, 3.8) is 0 Å². The lowest BCUT2D eigenvalue weighted by Crippen LogP contribution is -2.31. The standard InChI is InChI=1S/C11H18N2O3S/c1-16-9-5-8-13(17(2,14)15)10-11-6-3-4-7-12-11/h3-4,6-7H,5,8-10H2,1-2H3. The Morgan fingerprint density at radius 2 is 2.18 bits per heavy atom. The first kappa shape index (κ1) is 14.1. The quantitative estimate of drug-likeness (QED) is 0.681. The summed E-state index contributed by atoms with van der Waals surface area (Å²) in [5.74, 6) is 0. The molecule has 0 N–H and O–H groups in total. The van der Waals surface area contributed by atoms with Crippen LogP contribution in [0.1, 0.15) is 12.1 Å². The lowest BCUT2D eigenvalue weighted by molar-refractivity contribution is 0.186. The SMILES string of the molecule is COCCCN(Cc1ccccn1)S(C)(=O)=O. The second-order valence-electron chi connectivity index (χ2n) is 3.76. The van der Waals surface area contributed by atoms with Gasteiger partial charge in [-0.05, 0) is 18.6 Å². The second kappa shape index (κ2) is 6.68. The molecule has 0 aliphatic rings. The molecular formula is C11H18N2O3S. The van der Waals surface area contributed by atoms with E-state index < -0.39 is 10.0 Å². The van der Waals surface area contributed by atoms with E-state index in [2.05, 4.69) is 4.98 Å². The first-order chi connectivity index (χ1) is 8.04. The molecule has 0 aliphatic carbocycles. The van der Waals surface area contributed by atoms with Crippen LogP contribution in [0.5, 0.6) is 0 Å². The van der Waals surface area contributed by atoms with Gasteiger partial charge in [-0.1, -0.05) is 6.07 Å². The zero-order valence-electron chi connectivity index (χ0n) is 10.2. The minimum Gasteiger partial charge on any atom is -0.385 e. The number of rotatable bonds is 7. The van der Waals surface area contributed by atoms with Crippen LogP contribution in [0, 0.1) is 0 Å². The highest BCUT2D eigenvalue weighted by Crippen LogP contribution is 2.06. The van der Waals surface area contributed by atoms with Gasteiger partial charge in [-0.25, -0.2) is 8.42 Å². The molecule has 0 aliphatic heterocycles. The number of hydrogen-bond donors (Lipinski definition) is 0. The molecule has 1 aromatic rings. The van der Waals surface area contributed by atoms with Crippen molar-refractivity contribution < 1.29 is 13.2 Å². The predicted octanol–water partition coefficient (Wildman–Crippen LogP) is 0.880. The lowest BCUT2D eigenvalue weighted by Gasteiger charge is -2.19. The van der Waals surface area contributed by atoms with E-state index in [1.165, 1.54) is 10.6 Å². The number of pyridine rings is 1.